The molecule has 0 radical (unpaired) electrons. The van der Waals surface area contributed by atoms with Crippen molar-refractivity contribution in [1.29, 1.82) is 5.26 Å². The normalized spacial score (nSPS) is 10.9. The molecule has 1 amide bonds. The summed E-state index contributed by atoms with van der Waals surface area (Å²) in [5, 5.41) is 32.3. The van der Waals surface area contributed by atoms with Crippen molar-refractivity contribution >= 4 is 61.9 Å². The Kier molecular flexibility index (Phi) is 8.02. The molecule has 0 saturated carbocycles. The van der Waals surface area contributed by atoms with Gasteiger partial charge in [-0.15, -0.1) is 0 Å². The number of phenolic OH excluding ortho intramolecular Hbond substituents is 1. The van der Waals surface area contributed by atoms with Gasteiger partial charge >= 0.3 is 0 Å². The Morgan fingerprint density at radius 3 is 2.61 bits per heavy atom. The minimum Gasteiger partial charge on any atom is -0.508 e. The second-order valence-corrected chi connectivity index (χ2v) is 8.72. The first-order valence-electron chi connectivity index (χ1n) is 9.34. The van der Waals surface area contributed by atoms with E-state index in [4.69, 9.17) is 4.74 Å². The summed E-state index contributed by atoms with van der Waals surface area (Å²) < 4.78 is 7.17. The predicted octanol–water partition coefficient (Wildman–Crippen LogP) is 5.79. The lowest BCUT2D eigenvalue weighted by molar-refractivity contribution is -0.384. The standard InChI is InChI=1S/C23H15BrIN3O5/c24-20-10-15(8-16(12-26)23(30)27-17-4-6-19(29)7-5-17)11-21(25)22(20)33-13-14-2-1-3-18(9-14)28(31)32/h1-11,29H,13H2,(H,27,30)/b16-8+. The molecule has 33 heavy (non-hydrogen) atoms. The molecule has 0 atom stereocenters. The summed E-state index contributed by atoms with van der Waals surface area (Å²) in [5.74, 6) is 0.0166. The number of aromatic hydroxyl groups is 1. The van der Waals surface area contributed by atoms with E-state index in [0.717, 1.165) is 3.57 Å². The lowest BCUT2D eigenvalue weighted by Crippen LogP contribution is -2.13. The lowest BCUT2D eigenvalue weighted by Gasteiger charge is -2.12. The van der Waals surface area contributed by atoms with Gasteiger partial charge in [-0.1, -0.05) is 12.1 Å². The number of nitriles is 1. The highest BCUT2D eigenvalue weighted by atomic mass is 127. The Bertz CT molecular complexity index is 1260. The highest BCUT2D eigenvalue weighted by Gasteiger charge is 2.13. The van der Waals surface area contributed by atoms with Crippen LogP contribution < -0.4 is 10.1 Å². The second kappa shape index (κ2) is 10.9. The molecule has 0 aliphatic carbocycles. The number of hydrogen-bond donors (Lipinski definition) is 2. The number of carbonyl (C=O) groups is 1. The molecule has 3 rings (SSSR count). The number of nitro benzene ring substituents is 1. The molecular formula is C23H15BrIN3O5. The van der Waals surface area contributed by atoms with Crippen molar-refractivity contribution in [3.8, 4) is 17.6 Å². The van der Waals surface area contributed by atoms with Gasteiger partial charge in [-0.3, -0.25) is 14.9 Å². The number of nitro groups is 1. The van der Waals surface area contributed by atoms with Crippen LogP contribution in [0.5, 0.6) is 11.5 Å². The zero-order chi connectivity index (χ0) is 24.0. The SMILES string of the molecule is N#C/C(=C\c1cc(Br)c(OCc2cccc([N+](=O)[O-])c2)c(I)c1)C(=O)Nc1ccc(O)cc1. The van der Waals surface area contributed by atoms with E-state index in [1.54, 1.807) is 24.3 Å². The summed E-state index contributed by atoms with van der Waals surface area (Å²) in [6, 6.07) is 17.4. The van der Waals surface area contributed by atoms with Gasteiger partial charge in [0.2, 0.25) is 0 Å². The predicted molar refractivity (Wildman–Crippen MR) is 135 cm³/mol. The van der Waals surface area contributed by atoms with Gasteiger partial charge in [0.15, 0.2) is 0 Å². The molecule has 0 unspecified atom stereocenters. The number of benzene rings is 3. The summed E-state index contributed by atoms with van der Waals surface area (Å²) in [5.41, 5.74) is 1.58. The highest BCUT2D eigenvalue weighted by Crippen LogP contribution is 2.33. The van der Waals surface area contributed by atoms with Gasteiger partial charge in [0.05, 0.1) is 13.0 Å². The number of amides is 1. The minimum atomic E-state index is -0.583. The molecule has 0 aliphatic rings. The number of rotatable bonds is 7. The first-order valence-corrected chi connectivity index (χ1v) is 11.2. The Morgan fingerprint density at radius 1 is 1.24 bits per heavy atom. The van der Waals surface area contributed by atoms with Gasteiger partial charge in [-0.25, -0.2) is 0 Å². The van der Waals surface area contributed by atoms with Crippen molar-refractivity contribution in [2.24, 2.45) is 0 Å². The van der Waals surface area contributed by atoms with Gasteiger partial charge in [-0.05, 0) is 92.1 Å². The number of halogens is 2. The Labute approximate surface area is 210 Å². The van der Waals surface area contributed by atoms with Crippen LogP contribution in [0.2, 0.25) is 0 Å². The van der Waals surface area contributed by atoms with Gasteiger partial charge in [-0.2, -0.15) is 5.26 Å². The largest absolute Gasteiger partial charge is 0.508 e. The van der Waals surface area contributed by atoms with Gasteiger partial charge in [0.25, 0.3) is 11.6 Å². The van der Waals surface area contributed by atoms with Crippen LogP contribution in [0, 0.1) is 25.0 Å². The van der Waals surface area contributed by atoms with Crippen LogP contribution in [0.25, 0.3) is 6.08 Å². The monoisotopic (exact) mass is 619 g/mol. The molecule has 8 nitrogen and oxygen atoms in total. The molecule has 10 heteroatoms. The third kappa shape index (κ3) is 6.53. The molecular weight excluding hydrogens is 605 g/mol. The maximum atomic E-state index is 12.5. The fourth-order valence-corrected chi connectivity index (χ4v) is 4.54. The smallest absolute Gasteiger partial charge is 0.269 e. The molecule has 0 spiro atoms. The van der Waals surface area contributed by atoms with E-state index in [9.17, 15) is 25.3 Å². The van der Waals surface area contributed by atoms with E-state index in [1.807, 2.05) is 6.07 Å². The number of non-ortho nitro benzene ring substituents is 1. The van der Waals surface area contributed by atoms with Crippen LogP contribution >= 0.6 is 38.5 Å². The number of carbonyl (C=O) groups excluding carboxylic acids is 1. The Hall–Kier alpha value is -3.43. The van der Waals surface area contributed by atoms with Crippen molar-refractivity contribution in [2.75, 3.05) is 5.32 Å². The van der Waals surface area contributed by atoms with Crippen molar-refractivity contribution in [3.05, 3.63) is 95.5 Å². The highest BCUT2D eigenvalue weighted by molar-refractivity contribution is 14.1. The van der Waals surface area contributed by atoms with Crippen LogP contribution in [-0.2, 0) is 11.4 Å². The first-order chi connectivity index (χ1) is 15.8. The third-order valence-electron chi connectivity index (χ3n) is 4.33. The van der Waals surface area contributed by atoms with Crippen LogP contribution in [0.3, 0.4) is 0 Å². The van der Waals surface area contributed by atoms with Crippen molar-refractivity contribution < 1.29 is 19.6 Å². The molecule has 166 valence electrons. The number of nitrogens with zero attached hydrogens (tertiary/aromatic N) is 2. The van der Waals surface area contributed by atoms with Crippen molar-refractivity contribution in [1.82, 2.24) is 0 Å². The summed E-state index contributed by atoms with van der Waals surface area (Å²) in [6.45, 7) is 0.129. The number of phenols is 1. The van der Waals surface area contributed by atoms with Crippen molar-refractivity contribution in [2.45, 2.75) is 6.61 Å². The Balaban J connectivity index is 1.76. The summed E-state index contributed by atoms with van der Waals surface area (Å²) in [4.78, 5) is 22.9. The van der Waals surface area contributed by atoms with E-state index < -0.39 is 10.8 Å². The molecule has 0 saturated heterocycles. The number of ether oxygens (including phenoxy) is 1. The summed E-state index contributed by atoms with van der Waals surface area (Å²) in [7, 11) is 0. The molecule has 0 aliphatic heterocycles. The Morgan fingerprint density at radius 2 is 1.97 bits per heavy atom. The number of nitrogens with one attached hydrogen (secondary N) is 1. The average Bonchev–Trinajstić information content (AvgIpc) is 2.78. The molecule has 0 bridgehead atoms. The molecule has 0 heterocycles. The van der Waals surface area contributed by atoms with Gasteiger partial charge in [0.1, 0.15) is 29.7 Å². The maximum Gasteiger partial charge on any atom is 0.269 e. The molecule has 3 aromatic carbocycles. The average molecular weight is 620 g/mol. The second-order valence-electron chi connectivity index (χ2n) is 6.70. The number of hydrogen-bond acceptors (Lipinski definition) is 6. The van der Waals surface area contributed by atoms with E-state index in [1.165, 1.54) is 42.5 Å². The molecule has 2 N–H and O–H groups in total. The molecule has 0 aromatic heterocycles. The quantitative estimate of drug-likeness (QED) is 0.0861. The van der Waals surface area contributed by atoms with Crippen LogP contribution in [0.1, 0.15) is 11.1 Å². The van der Waals surface area contributed by atoms with Crippen molar-refractivity contribution in [3.63, 3.8) is 0 Å². The number of anilines is 1. The van der Waals surface area contributed by atoms with E-state index in [0.29, 0.717) is 27.0 Å². The first kappa shape index (κ1) is 24.2. The fraction of sp³-hybridized carbons (Fsp3) is 0.0435. The zero-order valence-corrected chi connectivity index (χ0v) is 20.5. The summed E-state index contributed by atoms with van der Waals surface area (Å²) >= 11 is 5.51. The minimum absolute atomic E-state index is 0.0139. The zero-order valence-electron chi connectivity index (χ0n) is 16.8. The van der Waals surface area contributed by atoms with E-state index in [-0.39, 0.29) is 23.6 Å². The maximum absolute atomic E-state index is 12.5. The van der Waals surface area contributed by atoms with Gasteiger partial charge < -0.3 is 15.2 Å². The van der Waals surface area contributed by atoms with Crippen LogP contribution in [-0.4, -0.2) is 15.9 Å². The van der Waals surface area contributed by atoms with E-state index >= 15 is 0 Å². The fourth-order valence-electron chi connectivity index (χ4n) is 2.77. The van der Waals surface area contributed by atoms with Crippen LogP contribution in [0.15, 0.2) is 70.7 Å². The topological polar surface area (TPSA) is 125 Å². The summed E-state index contributed by atoms with van der Waals surface area (Å²) in [6.07, 6.45) is 1.45. The van der Waals surface area contributed by atoms with Crippen LogP contribution in [0.4, 0.5) is 11.4 Å². The lowest BCUT2D eigenvalue weighted by atomic mass is 10.1. The molecule has 3 aromatic rings. The van der Waals surface area contributed by atoms with E-state index in [2.05, 4.69) is 43.8 Å². The van der Waals surface area contributed by atoms with Gasteiger partial charge in [0, 0.05) is 17.8 Å². The molecule has 0 fully saturated rings. The third-order valence-corrected chi connectivity index (χ3v) is 5.72.